The SMILES string of the molecule is C[C@H](N)C(=O)NC(CCc1ccccc1)CCc1ccccc1. The zero-order chi connectivity index (χ0) is 16.5. The summed E-state index contributed by atoms with van der Waals surface area (Å²) < 4.78 is 0. The molecule has 0 saturated carbocycles. The number of hydrogen-bond acceptors (Lipinski definition) is 2. The maximum absolute atomic E-state index is 11.9. The summed E-state index contributed by atoms with van der Waals surface area (Å²) in [5.41, 5.74) is 8.28. The summed E-state index contributed by atoms with van der Waals surface area (Å²) in [4.78, 5) is 11.9. The van der Waals surface area contributed by atoms with Gasteiger partial charge in [0.15, 0.2) is 0 Å². The van der Waals surface area contributed by atoms with E-state index in [4.69, 9.17) is 5.73 Å². The maximum atomic E-state index is 11.9. The third kappa shape index (κ3) is 6.25. The molecule has 3 heteroatoms. The minimum absolute atomic E-state index is 0.0730. The van der Waals surface area contributed by atoms with E-state index in [0.29, 0.717) is 0 Å². The second-order valence-electron chi connectivity index (χ2n) is 6.04. The van der Waals surface area contributed by atoms with Gasteiger partial charge in [-0.15, -0.1) is 0 Å². The van der Waals surface area contributed by atoms with Gasteiger partial charge in [0.05, 0.1) is 6.04 Å². The molecule has 0 aliphatic heterocycles. The van der Waals surface area contributed by atoms with E-state index >= 15 is 0 Å². The van der Waals surface area contributed by atoms with E-state index < -0.39 is 6.04 Å². The van der Waals surface area contributed by atoms with Crippen LogP contribution in [0.2, 0.25) is 0 Å². The van der Waals surface area contributed by atoms with E-state index in [-0.39, 0.29) is 11.9 Å². The van der Waals surface area contributed by atoms with Crippen molar-refractivity contribution < 1.29 is 4.79 Å². The van der Waals surface area contributed by atoms with Gasteiger partial charge in [-0.3, -0.25) is 4.79 Å². The van der Waals surface area contributed by atoms with E-state index in [2.05, 4.69) is 53.8 Å². The van der Waals surface area contributed by atoms with Crippen LogP contribution in [-0.2, 0) is 17.6 Å². The van der Waals surface area contributed by atoms with Gasteiger partial charge in [0.1, 0.15) is 0 Å². The largest absolute Gasteiger partial charge is 0.352 e. The highest BCUT2D eigenvalue weighted by Crippen LogP contribution is 2.11. The van der Waals surface area contributed by atoms with Crippen LogP contribution in [0.25, 0.3) is 0 Å². The third-order valence-corrected chi connectivity index (χ3v) is 4.01. The number of benzene rings is 2. The van der Waals surface area contributed by atoms with Gasteiger partial charge in [-0.05, 0) is 43.7 Å². The van der Waals surface area contributed by atoms with E-state index in [0.717, 1.165) is 25.7 Å². The van der Waals surface area contributed by atoms with Crippen molar-refractivity contribution in [3.05, 3.63) is 71.8 Å². The van der Waals surface area contributed by atoms with Crippen molar-refractivity contribution in [3.63, 3.8) is 0 Å². The molecule has 1 amide bonds. The first-order valence-electron chi connectivity index (χ1n) is 8.29. The summed E-state index contributed by atoms with van der Waals surface area (Å²) in [6, 6.07) is 20.4. The Morgan fingerprint density at radius 2 is 1.35 bits per heavy atom. The van der Waals surface area contributed by atoms with Crippen molar-refractivity contribution >= 4 is 5.91 Å². The standard InChI is InChI=1S/C20H26N2O/c1-16(21)20(23)22-19(14-12-17-8-4-2-5-9-17)15-13-18-10-6-3-7-11-18/h2-11,16,19H,12-15,21H2,1H3,(H,22,23)/t16-/m0/s1. The van der Waals surface area contributed by atoms with E-state index in [1.54, 1.807) is 6.92 Å². The number of rotatable bonds is 8. The highest BCUT2D eigenvalue weighted by atomic mass is 16.2. The average molecular weight is 310 g/mol. The van der Waals surface area contributed by atoms with Crippen LogP contribution in [-0.4, -0.2) is 18.0 Å². The molecule has 2 aromatic carbocycles. The molecule has 2 aromatic rings. The van der Waals surface area contributed by atoms with E-state index in [1.165, 1.54) is 11.1 Å². The molecular formula is C20H26N2O. The molecule has 0 radical (unpaired) electrons. The lowest BCUT2D eigenvalue weighted by atomic mass is 9.99. The summed E-state index contributed by atoms with van der Waals surface area (Å²) in [6.07, 6.45) is 3.77. The quantitative estimate of drug-likeness (QED) is 0.787. The minimum atomic E-state index is -0.467. The first kappa shape index (κ1) is 17.2. The van der Waals surface area contributed by atoms with E-state index in [9.17, 15) is 4.79 Å². The molecule has 1 atom stereocenters. The summed E-state index contributed by atoms with van der Waals surface area (Å²) in [6.45, 7) is 1.72. The molecule has 3 nitrogen and oxygen atoms in total. The molecule has 122 valence electrons. The fraction of sp³-hybridized carbons (Fsp3) is 0.350. The Balaban J connectivity index is 1.92. The Kier molecular flexibility index (Phi) is 6.82. The van der Waals surface area contributed by atoms with Gasteiger partial charge in [-0.2, -0.15) is 0 Å². The van der Waals surface area contributed by atoms with Gasteiger partial charge in [0, 0.05) is 6.04 Å². The van der Waals surface area contributed by atoms with Crippen LogP contribution < -0.4 is 11.1 Å². The molecule has 0 aliphatic rings. The van der Waals surface area contributed by atoms with Gasteiger partial charge >= 0.3 is 0 Å². The summed E-state index contributed by atoms with van der Waals surface area (Å²) in [5.74, 6) is -0.0730. The maximum Gasteiger partial charge on any atom is 0.236 e. The van der Waals surface area contributed by atoms with Gasteiger partial charge in [-0.1, -0.05) is 60.7 Å². The Morgan fingerprint density at radius 1 is 0.913 bits per heavy atom. The van der Waals surface area contributed by atoms with Crippen molar-refractivity contribution in [1.82, 2.24) is 5.32 Å². The van der Waals surface area contributed by atoms with Gasteiger partial charge in [0.2, 0.25) is 5.91 Å². The predicted octanol–water partition coefficient (Wildman–Crippen LogP) is 3.08. The fourth-order valence-electron chi connectivity index (χ4n) is 2.59. The lowest BCUT2D eigenvalue weighted by Crippen LogP contribution is -2.44. The Bertz CT molecular complexity index is 538. The monoisotopic (exact) mass is 310 g/mol. The second kappa shape index (κ2) is 9.11. The van der Waals surface area contributed by atoms with Crippen LogP contribution in [0.5, 0.6) is 0 Å². The van der Waals surface area contributed by atoms with Crippen molar-refractivity contribution in [3.8, 4) is 0 Å². The second-order valence-corrected chi connectivity index (χ2v) is 6.04. The number of nitrogens with two attached hydrogens (primary N) is 1. The Labute approximate surface area is 138 Å². The number of carbonyl (C=O) groups is 1. The van der Waals surface area contributed by atoms with Crippen LogP contribution in [0, 0.1) is 0 Å². The normalized spacial score (nSPS) is 12.1. The lowest BCUT2D eigenvalue weighted by Gasteiger charge is -2.20. The highest BCUT2D eigenvalue weighted by Gasteiger charge is 2.15. The fourth-order valence-corrected chi connectivity index (χ4v) is 2.59. The zero-order valence-corrected chi connectivity index (χ0v) is 13.7. The first-order chi connectivity index (χ1) is 11.1. The van der Waals surface area contributed by atoms with Crippen molar-refractivity contribution in [1.29, 1.82) is 0 Å². The van der Waals surface area contributed by atoms with Crippen molar-refractivity contribution in [2.75, 3.05) is 0 Å². The highest BCUT2D eigenvalue weighted by molar-refractivity contribution is 5.81. The van der Waals surface area contributed by atoms with Crippen LogP contribution >= 0.6 is 0 Å². The number of hydrogen-bond donors (Lipinski definition) is 2. The number of aryl methyl sites for hydroxylation is 2. The molecule has 0 fully saturated rings. The summed E-state index contributed by atoms with van der Waals surface area (Å²) in [5, 5.41) is 3.09. The minimum Gasteiger partial charge on any atom is -0.352 e. The van der Waals surface area contributed by atoms with Gasteiger partial charge in [0.25, 0.3) is 0 Å². The van der Waals surface area contributed by atoms with Crippen LogP contribution in [0.3, 0.4) is 0 Å². The smallest absolute Gasteiger partial charge is 0.236 e. The topological polar surface area (TPSA) is 55.1 Å². The van der Waals surface area contributed by atoms with Gasteiger partial charge < -0.3 is 11.1 Å². The van der Waals surface area contributed by atoms with Crippen molar-refractivity contribution in [2.24, 2.45) is 5.73 Å². The molecule has 2 rings (SSSR count). The third-order valence-electron chi connectivity index (χ3n) is 4.01. The molecule has 0 aliphatic carbocycles. The first-order valence-corrected chi connectivity index (χ1v) is 8.29. The molecule has 23 heavy (non-hydrogen) atoms. The molecule has 0 unspecified atom stereocenters. The van der Waals surface area contributed by atoms with Crippen LogP contribution in [0.15, 0.2) is 60.7 Å². The van der Waals surface area contributed by atoms with Gasteiger partial charge in [-0.25, -0.2) is 0 Å². The lowest BCUT2D eigenvalue weighted by molar-refractivity contribution is -0.122. The molecule has 0 bridgehead atoms. The average Bonchev–Trinajstić information content (AvgIpc) is 2.59. The molecule has 0 spiro atoms. The number of amides is 1. The summed E-state index contributed by atoms with van der Waals surface area (Å²) in [7, 11) is 0. The Morgan fingerprint density at radius 3 is 1.74 bits per heavy atom. The van der Waals surface area contributed by atoms with E-state index in [1.807, 2.05) is 12.1 Å². The number of carbonyl (C=O) groups excluding carboxylic acids is 1. The molecule has 0 saturated heterocycles. The van der Waals surface area contributed by atoms with Crippen LogP contribution in [0.4, 0.5) is 0 Å². The summed E-state index contributed by atoms with van der Waals surface area (Å²) >= 11 is 0. The molecule has 0 heterocycles. The zero-order valence-electron chi connectivity index (χ0n) is 13.7. The van der Waals surface area contributed by atoms with Crippen molar-refractivity contribution in [2.45, 2.75) is 44.7 Å². The molecular weight excluding hydrogens is 284 g/mol. The number of nitrogens with one attached hydrogen (secondary N) is 1. The molecule has 0 aromatic heterocycles. The molecule has 3 N–H and O–H groups in total. The van der Waals surface area contributed by atoms with Crippen LogP contribution in [0.1, 0.15) is 30.9 Å². The Hall–Kier alpha value is -2.13. The predicted molar refractivity (Wildman–Crippen MR) is 95.1 cm³/mol.